The molecule has 0 amide bonds. The molecule has 1 aliphatic heterocycles. The Bertz CT molecular complexity index is 417. The number of halogens is 3. The van der Waals surface area contributed by atoms with Gasteiger partial charge in [0.25, 0.3) is 0 Å². The van der Waals surface area contributed by atoms with Crippen molar-refractivity contribution in [2.75, 3.05) is 6.61 Å². The predicted octanol–water partition coefficient (Wildman–Crippen LogP) is 4.51. The van der Waals surface area contributed by atoms with Crippen LogP contribution >= 0.6 is 11.6 Å². The summed E-state index contributed by atoms with van der Waals surface area (Å²) in [6.45, 7) is 2.42. The maximum Gasteiger partial charge on any atom is 0.130 e. The van der Waals surface area contributed by atoms with Crippen molar-refractivity contribution in [2.45, 2.75) is 44.1 Å². The van der Waals surface area contributed by atoms with Crippen molar-refractivity contribution in [3.63, 3.8) is 0 Å². The maximum atomic E-state index is 13.6. The fourth-order valence-corrected chi connectivity index (χ4v) is 2.57. The number of aryl methyl sites for hydroxylation is 1. The molecule has 1 aromatic carbocycles. The first-order valence-electron chi connectivity index (χ1n) is 6.29. The van der Waals surface area contributed by atoms with Gasteiger partial charge >= 0.3 is 0 Å². The number of benzene rings is 1. The lowest BCUT2D eigenvalue weighted by Crippen LogP contribution is -2.07. The third-order valence-electron chi connectivity index (χ3n) is 3.38. The maximum absolute atomic E-state index is 13.6. The summed E-state index contributed by atoms with van der Waals surface area (Å²) in [5.74, 6) is -1.09. The highest BCUT2D eigenvalue weighted by atomic mass is 35.5. The van der Waals surface area contributed by atoms with Crippen LogP contribution < -0.4 is 0 Å². The Hall–Kier alpha value is -0.670. The lowest BCUT2D eigenvalue weighted by Gasteiger charge is -2.15. The van der Waals surface area contributed by atoms with Gasteiger partial charge in [-0.25, -0.2) is 8.78 Å². The van der Waals surface area contributed by atoms with Crippen molar-refractivity contribution in [3.05, 3.63) is 34.9 Å². The van der Waals surface area contributed by atoms with Crippen LogP contribution in [0.15, 0.2) is 12.1 Å². The summed E-state index contributed by atoms with van der Waals surface area (Å²) in [4.78, 5) is 0. The summed E-state index contributed by atoms with van der Waals surface area (Å²) in [6.07, 6.45) is 3.85. The van der Waals surface area contributed by atoms with Gasteiger partial charge in [-0.2, -0.15) is 0 Å². The SMILES string of the molecule is Cc1cc(C(Cl)CCC2CCCO2)c(F)cc1F. The molecule has 0 N–H and O–H groups in total. The predicted molar refractivity (Wildman–Crippen MR) is 67.9 cm³/mol. The van der Waals surface area contributed by atoms with Crippen LogP contribution in [0.5, 0.6) is 0 Å². The van der Waals surface area contributed by atoms with Crippen LogP contribution in [-0.2, 0) is 4.74 Å². The van der Waals surface area contributed by atoms with E-state index < -0.39 is 17.0 Å². The Balaban J connectivity index is 1.99. The second-order valence-corrected chi connectivity index (χ2v) is 5.33. The molecule has 2 rings (SSSR count). The molecule has 1 nitrogen and oxygen atoms in total. The van der Waals surface area contributed by atoms with Crippen molar-refractivity contribution in [1.29, 1.82) is 0 Å². The standard InChI is InChI=1S/C14H17ClF2O/c1-9-7-11(14(17)8-13(9)16)12(15)5-4-10-3-2-6-18-10/h7-8,10,12H,2-6H2,1H3. The minimum atomic E-state index is -0.564. The average molecular weight is 275 g/mol. The molecule has 1 heterocycles. The largest absolute Gasteiger partial charge is 0.378 e. The second-order valence-electron chi connectivity index (χ2n) is 4.80. The molecular weight excluding hydrogens is 258 g/mol. The Morgan fingerprint density at radius 1 is 1.39 bits per heavy atom. The molecule has 0 radical (unpaired) electrons. The molecule has 2 atom stereocenters. The molecule has 18 heavy (non-hydrogen) atoms. The molecule has 2 unspecified atom stereocenters. The Morgan fingerprint density at radius 3 is 2.83 bits per heavy atom. The van der Waals surface area contributed by atoms with Gasteiger partial charge in [0.2, 0.25) is 0 Å². The summed E-state index contributed by atoms with van der Waals surface area (Å²) in [6, 6.07) is 2.41. The topological polar surface area (TPSA) is 9.23 Å². The van der Waals surface area contributed by atoms with Crippen molar-refractivity contribution < 1.29 is 13.5 Å². The number of hydrogen-bond acceptors (Lipinski definition) is 1. The monoisotopic (exact) mass is 274 g/mol. The molecule has 4 heteroatoms. The molecule has 0 spiro atoms. The highest BCUT2D eigenvalue weighted by Gasteiger charge is 2.20. The summed E-state index contributed by atoms with van der Waals surface area (Å²) < 4.78 is 32.3. The van der Waals surface area contributed by atoms with E-state index in [0.29, 0.717) is 17.5 Å². The summed E-state index contributed by atoms with van der Waals surface area (Å²) in [5, 5.41) is -0.423. The molecule has 100 valence electrons. The molecule has 1 aliphatic rings. The quantitative estimate of drug-likeness (QED) is 0.734. The van der Waals surface area contributed by atoms with Gasteiger partial charge in [-0.1, -0.05) is 0 Å². The molecule has 0 saturated carbocycles. The second kappa shape index (κ2) is 5.98. The van der Waals surface area contributed by atoms with Gasteiger partial charge in [-0.05, 0) is 44.2 Å². The lowest BCUT2D eigenvalue weighted by molar-refractivity contribution is 0.102. The van der Waals surface area contributed by atoms with Crippen LogP contribution in [0, 0.1) is 18.6 Å². The summed E-state index contributed by atoms with van der Waals surface area (Å²) in [5.41, 5.74) is 0.808. The Labute approximate surface area is 111 Å². The normalized spacial score (nSPS) is 21.2. The molecule has 0 aromatic heterocycles. The van der Waals surface area contributed by atoms with Crippen molar-refractivity contribution in [1.82, 2.24) is 0 Å². The van der Waals surface area contributed by atoms with Crippen molar-refractivity contribution in [2.24, 2.45) is 0 Å². The third-order valence-corrected chi connectivity index (χ3v) is 3.83. The Morgan fingerprint density at radius 2 is 2.17 bits per heavy atom. The van der Waals surface area contributed by atoms with Crippen molar-refractivity contribution >= 4 is 11.6 Å². The van der Waals surface area contributed by atoms with Crippen LogP contribution in [0.2, 0.25) is 0 Å². The van der Waals surface area contributed by atoms with Gasteiger partial charge in [-0.15, -0.1) is 11.6 Å². The van der Waals surface area contributed by atoms with Crippen LogP contribution in [0.4, 0.5) is 8.78 Å². The van der Waals surface area contributed by atoms with Gasteiger partial charge < -0.3 is 4.74 Å². The highest BCUT2D eigenvalue weighted by Crippen LogP contribution is 2.31. The minimum Gasteiger partial charge on any atom is -0.378 e. The molecule has 1 saturated heterocycles. The van der Waals surface area contributed by atoms with Gasteiger partial charge in [0, 0.05) is 18.2 Å². The summed E-state index contributed by atoms with van der Waals surface area (Å²) >= 11 is 6.20. The van der Waals surface area contributed by atoms with E-state index in [4.69, 9.17) is 16.3 Å². The van der Waals surface area contributed by atoms with Crippen molar-refractivity contribution in [3.8, 4) is 0 Å². The van der Waals surface area contributed by atoms with Gasteiger partial charge in [0.05, 0.1) is 11.5 Å². The first-order valence-corrected chi connectivity index (χ1v) is 6.73. The minimum absolute atomic E-state index is 0.246. The fourth-order valence-electron chi connectivity index (χ4n) is 2.28. The molecule has 0 bridgehead atoms. The van der Waals surface area contributed by atoms with Crippen LogP contribution in [0.3, 0.4) is 0 Å². The summed E-state index contributed by atoms with van der Waals surface area (Å²) in [7, 11) is 0. The lowest BCUT2D eigenvalue weighted by atomic mass is 10.0. The van der Waals surface area contributed by atoms with E-state index in [1.54, 1.807) is 6.92 Å². The molecule has 0 aliphatic carbocycles. The van der Waals surface area contributed by atoms with Crippen LogP contribution in [-0.4, -0.2) is 12.7 Å². The zero-order valence-electron chi connectivity index (χ0n) is 10.4. The van der Waals surface area contributed by atoms with E-state index in [-0.39, 0.29) is 6.10 Å². The van der Waals surface area contributed by atoms with E-state index in [1.165, 1.54) is 6.07 Å². The smallest absolute Gasteiger partial charge is 0.130 e. The van der Waals surface area contributed by atoms with Crippen LogP contribution in [0.1, 0.15) is 42.2 Å². The van der Waals surface area contributed by atoms with E-state index >= 15 is 0 Å². The molecule has 1 aromatic rings. The zero-order chi connectivity index (χ0) is 13.1. The first-order chi connectivity index (χ1) is 8.58. The van der Waals surface area contributed by atoms with Gasteiger partial charge in [0.15, 0.2) is 0 Å². The molecule has 1 fully saturated rings. The number of hydrogen-bond donors (Lipinski definition) is 0. The molecular formula is C14H17ClF2O. The van der Waals surface area contributed by atoms with Gasteiger partial charge in [-0.3, -0.25) is 0 Å². The third kappa shape index (κ3) is 3.21. The average Bonchev–Trinajstić information content (AvgIpc) is 2.84. The number of alkyl halides is 1. The Kier molecular flexibility index (Phi) is 4.57. The van der Waals surface area contributed by atoms with Gasteiger partial charge in [0.1, 0.15) is 11.6 Å². The van der Waals surface area contributed by atoms with E-state index in [2.05, 4.69) is 0 Å². The zero-order valence-corrected chi connectivity index (χ0v) is 11.1. The first kappa shape index (κ1) is 13.8. The highest BCUT2D eigenvalue weighted by molar-refractivity contribution is 6.20. The van der Waals surface area contributed by atoms with Crippen LogP contribution in [0.25, 0.3) is 0 Å². The van der Waals surface area contributed by atoms with E-state index in [9.17, 15) is 8.78 Å². The van der Waals surface area contributed by atoms with E-state index in [0.717, 1.165) is 31.9 Å². The fraction of sp³-hybridized carbons (Fsp3) is 0.571. The number of ether oxygens (including phenoxy) is 1. The number of rotatable bonds is 4. The van der Waals surface area contributed by atoms with E-state index in [1.807, 2.05) is 0 Å².